The van der Waals surface area contributed by atoms with Crippen molar-refractivity contribution in [3.05, 3.63) is 53.0 Å². The molecule has 3 aromatic rings. The van der Waals surface area contributed by atoms with Gasteiger partial charge in [-0.15, -0.1) is 0 Å². The van der Waals surface area contributed by atoms with Crippen LogP contribution in [0.15, 0.2) is 42.5 Å². The number of hydrogen-bond acceptors (Lipinski definition) is 4. The SMILES string of the molecule is O=C(Nc1nc2c(s1)C(=O)NCCC2)Nc1cccc2ccccc12. The lowest BCUT2D eigenvalue weighted by Gasteiger charge is -2.08. The highest BCUT2D eigenvalue weighted by molar-refractivity contribution is 7.17. The van der Waals surface area contributed by atoms with Crippen molar-refractivity contribution < 1.29 is 9.59 Å². The number of amides is 3. The van der Waals surface area contributed by atoms with E-state index in [0.29, 0.717) is 16.6 Å². The minimum atomic E-state index is -0.374. The molecule has 0 bridgehead atoms. The number of nitrogens with zero attached hydrogens (tertiary/aromatic N) is 1. The normalized spacial score (nSPS) is 13.7. The summed E-state index contributed by atoms with van der Waals surface area (Å²) in [6.07, 6.45) is 1.58. The predicted octanol–water partition coefficient (Wildman–Crippen LogP) is 3.62. The molecule has 2 heterocycles. The molecule has 0 radical (unpaired) electrons. The number of carbonyl (C=O) groups is 2. The summed E-state index contributed by atoms with van der Waals surface area (Å²) in [5.74, 6) is -0.118. The topological polar surface area (TPSA) is 83.1 Å². The molecule has 0 spiro atoms. The van der Waals surface area contributed by atoms with Gasteiger partial charge < -0.3 is 10.6 Å². The minimum absolute atomic E-state index is 0.118. The highest BCUT2D eigenvalue weighted by Gasteiger charge is 2.21. The van der Waals surface area contributed by atoms with Crippen molar-refractivity contribution in [2.75, 3.05) is 17.2 Å². The van der Waals surface area contributed by atoms with E-state index in [9.17, 15) is 9.59 Å². The highest BCUT2D eigenvalue weighted by Crippen LogP contribution is 2.26. The van der Waals surface area contributed by atoms with E-state index in [1.807, 2.05) is 42.5 Å². The van der Waals surface area contributed by atoms with Crippen LogP contribution >= 0.6 is 11.3 Å². The molecule has 0 unspecified atom stereocenters. The Balaban J connectivity index is 1.53. The Morgan fingerprint density at radius 1 is 1.12 bits per heavy atom. The van der Waals surface area contributed by atoms with Gasteiger partial charge in [0.05, 0.1) is 11.4 Å². The first-order valence-electron chi connectivity index (χ1n) is 8.04. The maximum atomic E-state index is 12.3. The molecule has 0 aliphatic carbocycles. The van der Waals surface area contributed by atoms with Gasteiger partial charge >= 0.3 is 6.03 Å². The Morgan fingerprint density at radius 2 is 1.96 bits per heavy atom. The van der Waals surface area contributed by atoms with Crippen molar-refractivity contribution in [2.24, 2.45) is 0 Å². The van der Waals surface area contributed by atoms with Crippen molar-refractivity contribution in [1.29, 1.82) is 0 Å². The van der Waals surface area contributed by atoms with E-state index in [4.69, 9.17) is 0 Å². The van der Waals surface area contributed by atoms with Crippen LogP contribution in [-0.4, -0.2) is 23.5 Å². The summed E-state index contributed by atoms with van der Waals surface area (Å²) in [6, 6.07) is 13.2. The average molecular weight is 352 g/mol. The highest BCUT2D eigenvalue weighted by atomic mass is 32.1. The minimum Gasteiger partial charge on any atom is -0.351 e. The molecule has 25 heavy (non-hydrogen) atoms. The van der Waals surface area contributed by atoms with E-state index < -0.39 is 0 Å². The molecule has 3 N–H and O–H groups in total. The fraction of sp³-hybridized carbons (Fsp3) is 0.167. The lowest BCUT2D eigenvalue weighted by molar-refractivity contribution is 0.0960. The molecular weight excluding hydrogens is 336 g/mol. The van der Waals surface area contributed by atoms with Gasteiger partial charge in [0.15, 0.2) is 5.13 Å². The van der Waals surface area contributed by atoms with Gasteiger partial charge in [-0.2, -0.15) is 0 Å². The molecule has 126 valence electrons. The van der Waals surface area contributed by atoms with Crippen molar-refractivity contribution in [3.63, 3.8) is 0 Å². The molecule has 1 aliphatic rings. The number of anilines is 2. The smallest absolute Gasteiger partial charge is 0.325 e. The number of aryl methyl sites for hydroxylation is 1. The van der Waals surface area contributed by atoms with Gasteiger partial charge in [-0.25, -0.2) is 9.78 Å². The fourth-order valence-corrected chi connectivity index (χ4v) is 3.80. The monoisotopic (exact) mass is 352 g/mol. The number of fused-ring (bicyclic) bond motifs is 2. The molecule has 0 saturated carbocycles. The molecule has 4 rings (SSSR count). The Hall–Kier alpha value is -2.93. The van der Waals surface area contributed by atoms with E-state index in [0.717, 1.165) is 35.0 Å². The zero-order valence-corrected chi connectivity index (χ0v) is 14.2. The Morgan fingerprint density at radius 3 is 2.88 bits per heavy atom. The molecule has 3 amide bonds. The van der Waals surface area contributed by atoms with Gasteiger partial charge in [0.25, 0.3) is 5.91 Å². The van der Waals surface area contributed by atoms with E-state index in [1.54, 1.807) is 0 Å². The number of benzene rings is 2. The van der Waals surface area contributed by atoms with Gasteiger partial charge in [-0.1, -0.05) is 47.7 Å². The van der Waals surface area contributed by atoms with Gasteiger partial charge in [-0.05, 0) is 24.3 Å². The van der Waals surface area contributed by atoms with E-state index in [1.165, 1.54) is 11.3 Å². The maximum Gasteiger partial charge on any atom is 0.325 e. The van der Waals surface area contributed by atoms with Crippen LogP contribution in [0.2, 0.25) is 0 Å². The first-order chi connectivity index (χ1) is 12.2. The molecule has 0 saturated heterocycles. The summed E-state index contributed by atoms with van der Waals surface area (Å²) >= 11 is 1.20. The van der Waals surface area contributed by atoms with E-state index in [2.05, 4.69) is 20.9 Å². The van der Waals surface area contributed by atoms with Crippen LogP contribution in [0.25, 0.3) is 10.8 Å². The summed E-state index contributed by atoms with van der Waals surface area (Å²) < 4.78 is 0. The third-order valence-electron chi connectivity index (χ3n) is 4.04. The van der Waals surface area contributed by atoms with Crippen molar-refractivity contribution >= 4 is 44.9 Å². The fourth-order valence-electron chi connectivity index (χ4n) is 2.88. The molecular formula is C18H16N4O2S. The molecule has 2 aromatic carbocycles. The first kappa shape index (κ1) is 15.6. The lowest BCUT2D eigenvalue weighted by atomic mass is 10.1. The second-order valence-corrected chi connectivity index (χ2v) is 6.76. The molecule has 1 aromatic heterocycles. The van der Waals surface area contributed by atoms with Crippen molar-refractivity contribution in [3.8, 4) is 0 Å². The maximum absolute atomic E-state index is 12.3. The van der Waals surface area contributed by atoms with Gasteiger partial charge in [0, 0.05) is 11.9 Å². The Bertz CT molecular complexity index is 961. The summed E-state index contributed by atoms with van der Waals surface area (Å²) in [7, 11) is 0. The van der Waals surface area contributed by atoms with Crippen molar-refractivity contribution in [1.82, 2.24) is 10.3 Å². The number of carbonyl (C=O) groups excluding carboxylic acids is 2. The average Bonchev–Trinajstić information content (AvgIpc) is 2.93. The summed E-state index contributed by atoms with van der Waals surface area (Å²) in [5.41, 5.74) is 1.48. The van der Waals surface area contributed by atoms with E-state index >= 15 is 0 Å². The zero-order valence-electron chi connectivity index (χ0n) is 13.3. The second kappa shape index (κ2) is 6.52. The quantitative estimate of drug-likeness (QED) is 0.659. The summed E-state index contributed by atoms with van der Waals surface area (Å²) in [6.45, 7) is 0.659. The van der Waals surface area contributed by atoms with Crippen LogP contribution in [0.4, 0.5) is 15.6 Å². The molecule has 7 heteroatoms. The lowest BCUT2D eigenvalue weighted by Crippen LogP contribution is -2.21. The third kappa shape index (κ3) is 3.18. The molecule has 0 atom stereocenters. The van der Waals surface area contributed by atoms with Crippen molar-refractivity contribution in [2.45, 2.75) is 12.8 Å². The van der Waals surface area contributed by atoms with Gasteiger partial charge in [0.1, 0.15) is 4.88 Å². The van der Waals surface area contributed by atoms with Gasteiger partial charge in [0.2, 0.25) is 0 Å². The first-order valence-corrected chi connectivity index (χ1v) is 8.86. The predicted molar refractivity (Wildman–Crippen MR) is 99.4 cm³/mol. The number of nitrogens with one attached hydrogen (secondary N) is 3. The van der Waals surface area contributed by atoms with E-state index in [-0.39, 0.29) is 11.9 Å². The van der Waals surface area contributed by atoms with Crippen LogP contribution in [0.1, 0.15) is 21.8 Å². The molecule has 6 nitrogen and oxygen atoms in total. The third-order valence-corrected chi connectivity index (χ3v) is 5.05. The second-order valence-electron chi connectivity index (χ2n) is 5.76. The zero-order chi connectivity index (χ0) is 17.2. The largest absolute Gasteiger partial charge is 0.351 e. The van der Waals surface area contributed by atoms with Crippen LogP contribution in [0.3, 0.4) is 0 Å². The van der Waals surface area contributed by atoms with Crippen LogP contribution in [-0.2, 0) is 6.42 Å². The van der Waals surface area contributed by atoms with Crippen LogP contribution in [0, 0.1) is 0 Å². The molecule has 0 fully saturated rings. The standard InChI is InChI=1S/C18H16N4O2S/c23-16-15-14(9-4-10-19-16)21-18(25-15)22-17(24)20-13-8-3-6-11-5-1-2-7-12(11)13/h1-3,5-8H,4,9-10H2,(H,19,23)(H2,20,21,22,24). The van der Waals surface area contributed by atoms with Crippen LogP contribution in [0.5, 0.6) is 0 Å². The number of hydrogen-bond donors (Lipinski definition) is 3. The Kier molecular flexibility index (Phi) is 4.07. The number of aromatic nitrogens is 1. The summed E-state index contributed by atoms with van der Waals surface area (Å²) in [4.78, 5) is 29.3. The number of urea groups is 1. The van der Waals surface area contributed by atoms with Gasteiger partial charge in [-0.3, -0.25) is 10.1 Å². The Labute approximate surface area is 148 Å². The molecule has 1 aliphatic heterocycles. The number of thiazole rings is 1. The summed E-state index contributed by atoms with van der Waals surface area (Å²) in [5, 5.41) is 10.9. The number of rotatable bonds is 2. The van der Waals surface area contributed by atoms with Crippen LogP contribution < -0.4 is 16.0 Å².